The van der Waals surface area contributed by atoms with Gasteiger partial charge >= 0.3 is 0 Å². The molecule has 0 spiro atoms. The number of hydrogen-bond acceptors (Lipinski definition) is 7. The van der Waals surface area contributed by atoms with Crippen molar-refractivity contribution in [1.29, 1.82) is 0 Å². The fourth-order valence-electron chi connectivity index (χ4n) is 2.81. The van der Waals surface area contributed by atoms with Gasteiger partial charge in [-0.15, -0.1) is 0 Å². The van der Waals surface area contributed by atoms with Gasteiger partial charge in [-0.1, -0.05) is 13.8 Å². The lowest BCUT2D eigenvalue weighted by molar-refractivity contribution is 0.0728. The Morgan fingerprint density at radius 3 is 1.62 bits per heavy atom. The minimum absolute atomic E-state index is 0.113. The van der Waals surface area contributed by atoms with E-state index in [0.717, 1.165) is 0 Å². The van der Waals surface area contributed by atoms with Gasteiger partial charge in [0.1, 0.15) is 5.75 Å². The smallest absolute Gasteiger partial charge is 0.267 e. The van der Waals surface area contributed by atoms with Gasteiger partial charge in [-0.3, -0.25) is 14.0 Å². The summed E-state index contributed by atoms with van der Waals surface area (Å²) in [7, 11) is -8.21. The van der Waals surface area contributed by atoms with Crippen LogP contribution >= 0.6 is 0 Å². The SMILES string of the molecule is CC(C)C(CN1CCN(CC(O)CS(=O)(=O)O)CC1)CS(=O)(=O)O. The van der Waals surface area contributed by atoms with Gasteiger partial charge in [0.15, 0.2) is 0 Å². The number of aliphatic hydroxyl groups is 1. The van der Waals surface area contributed by atoms with Crippen molar-refractivity contribution in [3.8, 4) is 0 Å². The number of rotatable bonds is 9. The van der Waals surface area contributed by atoms with E-state index in [1.165, 1.54) is 0 Å². The van der Waals surface area contributed by atoms with E-state index in [0.29, 0.717) is 32.7 Å². The molecule has 0 amide bonds. The Bertz CT molecular complexity index is 583. The molecule has 2 unspecified atom stereocenters. The molecular formula is C13H28N2O7S2. The van der Waals surface area contributed by atoms with Crippen LogP contribution in [0.5, 0.6) is 0 Å². The summed E-state index contributed by atoms with van der Waals surface area (Å²) in [6, 6.07) is 0. The second-order valence-electron chi connectivity index (χ2n) is 6.76. The van der Waals surface area contributed by atoms with Crippen LogP contribution in [0.1, 0.15) is 13.8 Å². The van der Waals surface area contributed by atoms with Gasteiger partial charge in [0.2, 0.25) is 0 Å². The van der Waals surface area contributed by atoms with Crippen LogP contribution in [0.25, 0.3) is 0 Å². The summed E-state index contributed by atoms with van der Waals surface area (Å²) in [6.07, 6.45) is -1.14. The zero-order chi connectivity index (χ0) is 18.5. The van der Waals surface area contributed by atoms with Crippen molar-refractivity contribution in [3.63, 3.8) is 0 Å². The summed E-state index contributed by atoms with van der Waals surface area (Å²) in [5.74, 6) is -1.01. The number of aliphatic hydroxyl groups excluding tert-OH is 1. The first-order chi connectivity index (χ1) is 10.9. The van der Waals surface area contributed by atoms with E-state index in [-0.39, 0.29) is 24.1 Å². The average Bonchev–Trinajstić information content (AvgIpc) is 2.36. The van der Waals surface area contributed by atoms with Crippen LogP contribution in [0.3, 0.4) is 0 Å². The molecule has 0 bridgehead atoms. The number of β-amino-alcohol motifs (C(OH)–C–C–N with tert-alkyl or cyclic N) is 1. The van der Waals surface area contributed by atoms with Gasteiger partial charge in [-0.05, 0) is 11.8 Å². The van der Waals surface area contributed by atoms with Gasteiger partial charge in [0.25, 0.3) is 20.2 Å². The van der Waals surface area contributed by atoms with E-state index in [1.807, 2.05) is 18.7 Å². The lowest BCUT2D eigenvalue weighted by Crippen LogP contribution is -2.51. The fraction of sp³-hybridized carbons (Fsp3) is 1.00. The lowest BCUT2D eigenvalue weighted by atomic mass is 9.97. The Morgan fingerprint density at radius 1 is 0.833 bits per heavy atom. The van der Waals surface area contributed by atoms with Crippen molar-refractivity contribution in [2.24, 2.45) is 11.8 Å². The van der Waals surface area contributed by atoms with Crippen molar-refractivity contribution in [2.45, 2.75) is 20.0 Å². The quantitative estimate of drug-likeness (QED) is 0.425. The van der Waals surface area contributed by atoms with E-state index in [1.54, 1.807) is 0 Å². The fourth-order valence-corrected chi connectivity index (χ4v) is 4.43. The van der Waals surface area contributed by atoms with Crippen LogP contribution in [0, 0.1) is 11.8 Å². The predicted molar refractivity (Wildman–Crippen MR) is 90.0 cm³/mol. The molecule has 1 fully saturated rings. The van der Waals surface area contributed by atoms with Crippen LogP contribution in [0.15, 0.2) is 0 Å². The third-order valence-electron chi connectivity index (χ3n) is 4.20. The van der Waals surface area contributed by atoms with Crippen molar-refractivity contribution in [1.82, 2.24) is 9.80 Å². The summed E-state index contributed by atoms with van der Waals surface area (Å²) in [5, 5.41) is 9.66. The molecule has 0 saturated carbocycles. The molecule has 2 atom stereocenters. The summed E-state index contributed by atoms with van der Waals surface area (Å²) in [6.45, 7) is 7.08. The molecule has 0 aromatic rings. The molecule has 1 rings (SSSR count). The number of hydrogen-bond donors (Lipinski definition) is 3. The molecule has 144 valence electrons. The zero-order valence-corrected chi connectivity index (χ0v) is 15.7. The minimum atomic E-state index is -4.20. The number of piperazine rings is 1. The van der Waals surface area contributed by atoms with Gasteiger partial charge in [-0.25, -0.2) is 0 Å². The molecule has 1 aliphatic rings. The maximum atomic E-state index is 11.1. The van der Waals surface area contributed by atoms with Crippen LogP contribution in [0.2, 0.25) is 0 Å². The van der Waals surface area contributed by atoms with E-state index in [2.05, 4.69) is 4.90 Å². The minimum Gasteiger partial charge on any atom is -0.391 e. The first kappa shape index (κ1) is 21.7. The first-order valence-electron chi connectivity index (χ1n) is 7.89. The lowest BCUT2D eigenvalue weighted by Gasteiger charge is -2.37. The van der Waals surface area contributed by atoms with Crippen LogP contribution in [0.4, 0.5) is 0 Å². The number of nitrogens with zero attached hydrogens (tertiary/aromatic N) is 2. The van der Waals surface area contributed by atoms with Crippen LogP contribution in [-0.2, 0) is 20.2 Å². The maximum absolute atomic E-state index is 11.1. The summed E-state index contributed by atoms with van der Waals surface area (Å²) >= 11 is 0. The van der Waals surface area contributed by atoms with Gasteiger partial charge in [0, 0.05) is 39.3 Å². The third kappa shape index (κ3) is 9.25. The molecule has 11 heteroatoms. The molecule has 0 aromatic heterocycles. The van der Waals surface area contributed by atoms with E-state index in [9.17, 15) is 21.9 Å². The first-order valence-corrected chi connectivity index (χ1v) is 11.1. The Morgan fingerprint density at radius 2 is 1.25 bits per heavy atom. The molecule has 0 aromatic carbocycles. The third-order valence-corrected chi connectivity index (χ3v) is 5.85. The van der Waals surface area contributed by atoms with Crippen molar-refractivity contribution in [2.75, 3.05) is 50.8 Å². The largest absolute Gasteiger partial charge is 0.391 e. The summed E-state index contributed by atoms with van der Waals surface area (Å²) in [5.41, 5.74) is 0. The normalized spacial score (nSPS) is 21.1. The molecule has 24 heavy (non-hydrogen) atoms. The molecule has 0 radical (unpaired) electrons. The Kier molecular flexibility index (Phi) is 8.04. The van der Waals surface area contributed by atoms with Crippen molar-refractivity contribution >= 4 is 20.2 Å². The second kappa shape index (κ2) is 8.88. The standard InChI is InChI=1S/C13H28N2O7S2/c1-11(2)12(9-23(17,18)19)7-14-3-5-15(6-4-14)8-13(16)10-24(20,21)22/h11-13,16H,3-10H2,1-2H3,(H,17,18,19)(H,20,21,22). The van der Waals surface area contributed by atoms with Gasteiger partial charge in [0.05, 0.1) is 11.9 Å². The van der Waals surface area contributed by atoms with Crippen LogP contribution in [-0.4, -0.2) is 97.7 Å². The predicted octanol–water partition coefficient (Wildman–Crippen LogP) is -0.987. The highest BCUT2D eigenvalue weighted by molar-refractivity contribution is 7.86. The molecule has 9 nitrogen and oxygen atoms in total. The highest BCUT2D eigenvalue weighted by Gasteiger charge is 2.26. The van der Waals surface area contributed by atoms with Crippen LogP contribution < -0.4 is 0 Å². The van der Waals surface area contributed by atoms with Crippen molar-refractivity contribution < 1.29 is 31.0 Å². The van der Waals surface area contributed by atoms with E-state index in [4.69, 9.17) is 9.11 Å². The van der Waals surface area contributed by atoms with Gasteiger partial charge in [-0.2, -0.15) is 16.8 Å². The Balaban J connectivity index is 2.44. The second-order valence-corrected chi connectivity index (χ2v) is 9.75. The van der Waals surface area contributed by atoms with E-state index >= 15 is 0 Å². The Labute approximate surface area is 144 Å². The molecule has 1 aliphatic heterocycles. The summed E-state index contributed by atoms with van der Waals surface area (Å²) < 4.78 is 61.4. The zero-order valence-electron chi connectivity index (χ0n) is 14.1. The molecule has 0 aliphatic carbocycles. The highest BCUT2D eigenvalue weighted by Crippen LogP contribution is 2.16. The van der Waals surface area contributed by atoms with E-state index < -0.39 is 32.1 Å². The summed E-state index contributed by atoms with van der Waals surface area (Å²) in [4.78, 5) is 4.00. The van der Waals surface area contributed by atoms with Gasteiger partial charge < -0.3 is 10.0 Å². The Hall–Kier alpha value is -0.300. The maximum Gasteiger partial charge on any atom is 0.267 e. The molecular weight excluding hydrogens is 360 g/mol. The topological polar surface area (TPSA) is 135 Å². The molecule has 1 saturated heterocycles. The van der Waals surface area contributed by atoms with Crippen molar-refractivity contribution in [3.05, 3.63) is 0 Å². The average molecular weight is 389 g/mol. The monoisotopic (exact) mass is 388 g/mol. The highest BCUT2D eigenvalue weighted by atomic mass is 32.2. The molecule has 3 N–H and O–H groups in total. The molecule has 1 heterocycles.